The van der Waals surface area contributed by atoms with E-state index in [2.05, 4.69) is 173 Å². The Morgan fingerprint density at radius 1 is 0.245 bits per heavy atom. The number of fused-ring (bicyclic) bond motifs is 1. The maximum Gasteiger partial charge on any atom is 0.261 e. The highest BCUT2D eigenvalue weighted by molar-refractivity contribution is 7.28. The molecule has 0 spiro atoms. The van der Waals surface area contributed by atoms with Gasteiger partial charge in [-0.15, -0.1) is 68.0 Å². The molecule has 0 saturated carbocycles. The third-order valence-electron chi connectivity index (χ3n) is 22.8. The first-order valence-electron chi connectivity index (χ1n) is 44.4. The number of carbonyl (C=O) groups excluding carboxylic acids is 2. The molecule has 8 heterocycles. The molecule has 0 aliphatic carbocycles. The van der Waals surface area contributed by atoms with Crippen LogP contribution in [0.2, 0.25) is 0 Å². The molecule has 2 aliphatic rings. The van der Waals surface area contributed by atoms with Gasteiger partial charge in [-0.25, -0.2) is 0 Å². The Balaban J connectivity index is 0.951. The summed E-state index contributed by atoms with van der Waals surface area (Å²) in [6, 6.07) is 44.7. The maximum atomic E-state index is 16.5. The van der Waals surface area contributed by atoms with Crippen LogP contribution in [0.25, 0.3) is 71.3 Å². The number of benzene rings is 2. The lowest BCUT2D eigenvalue weighted by Gasteiger charge is -2.29. The van der Waals surface area contributed by atoms with Gasteiger partial charge in [0.05, 0.1) is 45.5 Å². The van der Waals surface area contributed by atoms with Crippen molar-refractivity contribution in [3.63, 3.8) is 0 Å². The van der Waals surface area contributed by atoms with Gasteiger partial charge < -0.3 is 19.3 Å². The number of thiophene rings is 6. The number of hydrogen-bond donors (Lipinski definition) is 0. The summed E-state index contributed by atoms with van der Waals surface area (Å²) < 4.78 is 12.4. The maximum absolute atomic E-state index is 16.5. The van der Waals surface area contributed by atoms with Crippen LogP contribution < -0.4 is 9.47 Å². The number of carbonyl (C=O) groups is 2. The third kappa shape index (κ3) is 26.9. The first-order valence-corrected chi connectivity index (χ1v) is 49.3. The molecule has 598 valence electrons. The number of rotatable bonds is 60. The van der Waals surface area contributed by atoms with Crippen molar-refractivity contribution in [1.82, 2.24) is 9.80 Å². The number of nitrogens with zero attached hydrogens (tertiary/aromatic N) is 2. The summed E-state index contributed by atoms with van der Waals surface area (Å²) in [6.07, 6.45) is 55.1. The lowest BCUT2D eigenvalue weighted by molar-refractivity contribution is -0.124. The van der Waals surface area contributed by atoms with Crippen LogP contribution in [0, 0.1) is 11.8 Å². The Bertz CT molecular complexity index is 3670. The van der Waals surface area contributed by atoms with E-state index in [1.54, 1.807) is 22.7 Å². The lowest BCUT2D eigenvalue weighted by atomic mass is 9.93. The number of unbranched alkanes of at least 4 members (excludes halogenated alkanes) is 34. The summed E-state index contributed by atoms with van der Waals surface area (Å²) in [5.41, 5.74) is 5.40. The van der Waals surface area contributed by atoms with Crippen LogP contribution >= 0.6 is 68.0 Å². The molecule has 6 aromatic heterocycles. The van der Waals surface area contributed by atoms with Crippen LogP contribution in [0.5, 0.6) is 11.5 Å². The molecule has 0 saturated heterocycles. The van der Waals surface area contributed by atoms with Crippen LogP contribution in [0.1, 0.15) is 334 Å². The second-order valence-electron chi connectivity index (χ2n) is 31.9. The van der Waals surface area contributed by atoms with Crippen molar-refractivity contribution in [2.45, 2.75) is 324 Å². The predicted octanol–water partition coefficient (Wildman–Crippen LogP) is 33.1. The van der Waals surface area contributed by atoms with E-state index >= 15 is 9.59 Å². The Labute approximate surface area is 690 Å². The van der Waals surface area contributed by atoms with Crippen molar-refractivity contribution in [2.75, 3.05) is 26.3 Å². The van der Waals surface area contributed by atoms with Gasteiger partial charge in [-0.3, -0.25) is 9.59 Å². The van der Waals surface area contributed by atoms with E-state index in [4.69, 9.17) is 9.47 Å². The minimum Gasteiger partial charge on any atom is -0.494 e. The molecular weight excluding hydrogens is 1460 g/mol. The van der Waals surface area contributed by atoms with Crippen molar-refractivity contribution >= 4 is 91.2 Å². The van der Waals surface area contributed by atoms with Gasteiger partial charge >= 0.3 is 0 Å². The topological polar surface area (TPSA) is 59.1 Å². The molecule has 0 radical (unpaired) electrons. The van der Waals surface area contributed by atoms with Gasteiger partial charge in [0, 0.05) is 61.9 Å². The van der Waals surface area contributed by atoms with E-state index in [1.165, 1.54) is 304 Å². The monoisotopic (exact) mass is 1600 g/mol. The molecule has 0 atom stereocenters. The predicted molar refractivity (Wildman–Crippen MR) is 485 cm³/mol. The molecule has 110 heavy (non-hydrogen) atoms. The SMILES string of the molecule is CCCCCCCCCCOc1ccc(-c2ccc(-c3ccc(-c4ccc(C5=C6C(=O)N(CC(CCCCCCCC)CCCCCCCC)C(c7ccc(-c8ccc(-c9ccc(-c%10ccc(OCCCCCCCCCC)cc%10)s9)s8)s7)=C6C(=O)N5CC(CCCCCCCC)CCCCCCCC)s4)s3)s2)cc1. The van der Waals surface area contributed by atoms with Crippen LogP contribution in [-0.4, -0.2) is 47.9 Å². The molecular formula is C98H136N2O4S6. The highest BCUT2D eigenvalue weighted by atomic mass is 32.1. The summed E-state index contributed by atoms with van der Waals surface area (Å²) >= 11 is 10.9. The van der Waals surface area contributed by atoms with Crippen molar-refractivity contribution in [3.8, 4) is 71.4 Å². The van der Waals surface area contributed by atoms with Crippen molar-refractivity contribution in [1.29, 1.82) is 0 Å². The van der Waals surface area contributed by atoms with Gasteiger partial charge in [0.1, 0.15) is 11.5 Å². The van der Waals surface area contributed by atoms with Gasteiger partial charge in [-0.1, -0.05) is 286 Å². The van der Waals surface area contributed by atoms with E-state index in [9.17, 15) is 0 Å². The Morgan fingerprint density at radius 2 is 0.455 bits per heavy atom. The number of hydrogen-bond acceptors (Lipinski definition) is 10. The van der Waals surface area contributed by atoms with E-state index in [0.717, 1.165) is 84.4 Å². The Morgan fingerprint density at radius 3 is 0.718 bits per heavy atom. The quantitative estimate of drug-likeness (QED) is 0.0357. The Hall–Kier alpha value is -5.34. The number of amides is 2. The van der Waals surface area contributed by atoms with Gasteiger partial charge in [0.15, 0.2) is 0 Å². The van der Waals surface area contributed by atoms with Gasteiger partial charge in [0.25, 0.3) is 11.8 Å². The minimum atomic E-state index is 0.0193. The Kier molecular flexibility index (Phi) is 39.1. The first kappa shape index (κ1) is 87.1. The van der Waals surface area contributed by atoms with E-state index < -0.39 is 0 Å². The fourth-order valence-corrected chi connectivity index (χ4v) is 22.7. The lowest BCUT2D eigenvalue weighted by Crippen LogP contribution is -2.34. The molecule has 0 N–H and O–H groups in total. The van der Waals surface area contributed by atoms with Crippen LogP contribution in [0.4, 0.5) is 0 Å². The molecule has 0 unspecified atom stereocenters. The summed E-state index contributed by atoms with van der Waals surface area (Å²) in [4.78, 5) is 51.7. The molecule has 2 aromatic carbocycles. The largest absolute Gasteiger partial charge is 0.494 e. The molecule has 8 aromatic rings. The zero-order chi connectivity index (χ0) is 76.8. The second kappa shape index (κ2) is 49.4. The summed E-state index contributed by atoms with van der Waals surface area (Å²) in [5.74, 6) is 2.60. The summed E-state index contributed by atoms with van der Waals surface area (Å²) in [6.45, 7) is 16.6. The van der Waals surface area contributed by atoms with Crippen LogP contribution in [-0.2, 0) is 9.59 Å². The smallest absolute Gasteiger partial charge is 0.261 e. The van der Waals surface area contributed by atoms with Crippen molar-refractivity contribution < 1.29 is 19.1 Å². The first-order chi connectivity index (χ1) is 54.2. The minimum absolute atomic E-state index is 0.0193. The zero-order valence-corrected chi connectivity index (χ0v) is 73.5. The van der Waals surface area contributed by atoms with E-state index in [0.29, 0.717) is 36.1 Å². The van der Waals surface area contributed by atoms with Crippen molar-refractivity contribution in [2.24, 2.45) is 11.8 Å². The standard InChI is InChI=1S/C98H136N2O4S6/c1-7-13-19-25-31-33-39-45-71-103-79-55-51-77(52-56-79)81-59-61-83(105-81)85-63-65-87(107-85)89-67-69-91(109-89)95-93-94(98(102)99(95)73-75(47-41-35-27-21-15-9-3)48-42-36-28-22-16-10-4)96(100(97(93)101)74-76(49-43-37-29-23-17-11-5)50-44-38-30-24-18-12-6)92-70-68-90(110-92)88-66-64-86(108-88)84-62-60-82(106-84)78-53-57-80(58-54-78)104-72-46-40-34-32-26-20-14-8-2/h51-70,75-76H,7-50,71-74H2,1-6H3. The average Bonchev–Trinajstić information content (AvgIpc) is 1.55. The third-order valence-corrected chi connectivity index (χ3v) is 30.2. The van der Waals surface area contributed by atoms with E-state index in [1.807, 2.05) is 45.3 Å². The van der Waals surface area contributed by atoms with Crippen molar-refractivity contribution in [3.05, 3.63) is 142 Å². The zero-order valence-electron chi connectivity index (χ0n) is 68.6. The average molecular weight is 1600 g/mol. The van der Waals surface area contributed by atoms with Gasteiger partial charge in [0.2, 0.25) is 0 Å². The van der Waals surface area contributed by atoms with Crippen LogP contribution in [0.3, 0.4) is 0 Å². The van der Waals surface area contributed by atoms with Gasteiger partial charge in [-0.2, -0.15) is 0 Å². The molecule has 2 aliphatic heterocycles. The van der Waals surface area contributed by atoms with E-state index in [-0.39, 0.29) is 11.8 Å². The fourth-order valence-electron chi connectivity index (χ4n) is 16.2. The molecule has 0 fully saturated rings. The molecule has 12 heteroatoms. The summed E-state index contributed by atoms with van der Waals surface area (Å²) in [7, 11) is 0. The highest BCUT2D eigenvalue weighted by Crippen LogP contribution is 2.53. The van der Waals surface area contributed by atoms with Gasteiger partial charge in [-0.05, 0) is 183 Å². The second-order valence-corrected chi connectivity index (χ2v) is 38.4. The molecule has 6 nitrogen and oxygen atoms in total. The van der Waals surface area contributed by atoms with Crippen LogP contribution in [0.15, 0.2) is 132 Å². The fraction of sp³-hybridized carbons (Fsp3) is 0.571. The summed E-state index contributed by atoms with van der Waals surface area (Å²) in [5, 5.41) is 0. The highest BCUT2D eigenvalue weighted by Gasteiger charge is 2.50. The normalized spacial score (nSPS) is 13.2. The molecule has 2 amide bonds. The number of ether oxygens (including phenoxy) is 2. The molecule has 10 rings (SSSR count). The molecule has 0 bridgehead atoms.